The van der Waals surface area contributed by atoms with E-state index in [9.17, 15) is 9.59 Å². The van der Waals surface area contributed by atoms with Gasteiger partial charge in [-0.05, 0) is 54.8 Å². The van der Waals surface area contributed by atoms with Gasteiger partial charge >= 0.3 is 0 Å². The van der Waals surface area contributed by atoms with Crippen LogP contribution in [0.2, 0.25) is 0 Å². The first-order chi connectivity index (χ1) is 10.8. The molecule has 0 radical (unpaired) electrons. The Morgan fingerprint density at radius 3 is 2.57 bits per heavy atom. The minimum atomic E-state index is 0.238. The molecule has 6 atom stereocenters. The molecule has 4 unspecified atom stereocenters. The lowest BCUT2D eigenvalue weighted by atomic mass is 9.50. The zero-order chi connectivity index (χ0) is 16.8. The highest BCUT2D eigenvalue weighted by Crippen LogP contribution is 2.57. The van der Waals surface area contributed by atoms with Crippen LogP contribution in [0.5, 0.6) is 0 Å². The van der Waals surface area contributed by atoms with Crippen LogP contribution in [0.3, 0.4) is 0 Å². The average molecular weight is 319 g/mol. The van der Waals surface area contributed by atoms with E-state index in [2.05, 4.69) is 25.7 Å². The lowest BCUT2D eigenvalue weighted by Crippen LogP contribution is -2.61. The van der Waals surface area contributed by atoms with Crippen LogP contribution in [-0.2, 0) is 9.59 Å². The molecule has 3 aliphatic rings. The van der Waals surface area contributed by atoms with Crippen molar-refractivity contribution in [3.8, 4) is 0 Å². The van der Waals surface area contributed by atoms with Gasteiger partial charge in [-0.1, -0.05) is 27.2 Å². The van der Waals surface area contributed by atoms with Gasteiger partial charge in [0.1, 0.15) is 5.78 Å². The normalized spacial score (nSPS) is 45.6. The first-order valence-electron chi connectivity index (χ1n) is 9.62. The second kappa shape index (κ2) is 6.22. The molecule has 3 nitrogen and oxygen atoms in total. The Bertz CT molecular complexity index is 488. The van der Waals surface area contributed by atoms with Gasteiger partial charge in [0, 0.05) is 32.4 Å². The molecule has 0 aromatic rings. The second-order valence-electron chi connectivity index (χ2n) is 8.89. The fourth-order valence-corrected chi connectivity index (χ4v) is 6.30. The molecule has 0 bridgehead atoms. The number of nitrogens with zero attached hydrogens (tertiary/aromatic N) is 1. The number of likely N-dealkylation sites (tertiary alicyclic amines) is 1. The van der Waals surface area contributed by atoms with Crippen molar-refractivity contribution in [1.82, 2.24) is 4.90 Å². The van der Waals surface area contributed by atoms with Gasteiger partial charge in [0.2, 0.25) is 5.91 Å². The van der Waals surface area contributed by atoms with Crippen LogP contribution in [0.4, 0.5) is 0 Å². The molecule has 3 heteroatoms. The number of carbonyl (C=O) groups excluding carboxylic acids is 2. The van der Waals surface area contributed by atoms with E-state index >= 15 is 0 Å². The molecular formula is C20H33NO2. The summed E-state index contributed by atoms with van der Waals surface area (Å²) >= 11 is 0. The van der Waals surface area contributed by atoms with Gasteiger partial charge in [0.15, 0.2) is 0 Å². The van der Waals surface area contributed by atoms with Crippen LogP contribution in [0.1, 0.15) is 72.1 Å². The summed E-state index contributed by atoms with van der Waals surface area (Å²) in [6.45, 7) is 7.11. The van der Waals surface area contributed by atoms with Crippen molar-refractivity contribution in [2.75, 3.05) is 7.05 Å². The lowest BCUT2D eigenvalue weighted by Gasteiger charge is -2.59. The lowest BCUT2D eigenvalue weighted by molar-refractivity contribution is -0.154. The SMILES string of the molecule is CC1CC(=O)CCCCC2C1[C@@H](C)CC1N(C)C(=O)CC[C@]21C. The molecule has 3 fully saturated rings. The number of amides is 1. The van der Waals surface area contributed by atoms with E-state index in [-0.39, 0.29) is 5.41 Å². The average Bonchev–Trinajstić information content (AvgIpc) is 2.56. The van der Waals surface area contributed by atoms with Gasteiger partial charge in [0.25, 0.3) is 0 Å². The summed E-state index contributed by atoms with van der Waals surface area (Å²) in [7, 11) is 2.01. The van der Waals surface area contributed by atoms with Gasteiger partial charge < -0.3 is 4.90 Å². The number of hydrogen-bond donors (Lipinski definition) is 0. The third-order valence-corrected chi connectivity index (χ3v) is 7.49. The summed E-state index contributed by atoms with van der Waals surface area (Å²) in [5, 5.41) is 0. The van der Waals surface area contributed by atoms with Crippen LogP contribution < -0.4 is 0 Å². The summed E-state index contributed by atoms with van der Waals surface area (Å²) in [6, 6.07) is 0.392. The summed E-state index contributed by atoms with van der Waals surface area (Å²) in [4.78, 5) is 26.5. The van der Waals surface area contributed by atoms with Crippen molar-refractivity contribution in [2.45, 2.75) is 78.2 Å². The van der Waals surface area contributed by atoms with E-state index in [1.165, 1.54) is 12.8 Å². The topological polar surface area (TPSA) is 37.4 Å². The number of carbonyl (C=O) groups is 2. The number of fused-ring (bicyclic) bond motifs is 3. The smallest absolute Gasteiger partial charge is 0.222 e. The fourth-order valence-electron chi connectivity index (χ4n) is 6.30. The van der Waals surface area contributed by atoms with Crippen LogP contribution in [0.15, 0.2) is 0 Å². The van der Waals surface area contributed by atoms with Crippen molar-refractivity contribution in [3.63, 3.8) is 0 Å². The molecule has 0 aromatic carbocycles. The molecule has 2 aliphatic carbocycles. The zero-order valence-electron chi connectivity index (χ0n) is 15.3. The molecule has 1 heterocycles. The molecule has 0 N–H and O–H groups in total. The Hall–Kier alpha value is -0.860. The quantitative estimate of drug-likeness (QED) is 0.675. The van der Waals surface area contributed by atoms with Crippen molar-refractivity contribution in [2.24, 2.45) is 29.1 Å². The van der Waals surface area contributed by atoms with Crippen LogP contribution in [-0.4, -0.2) is 29.7 Å². The molecule has 3 rings (SSSR count). The molecular weight excluding hydrogens is 286 g/mol. The number of piperidine rings is 1. The summed E-state index contributed by atoms with van der Waals surface area (Å²) in [5.74, 6) is 3.18. The molecule has 130 valence electrons. The Morgan fingerprint density at radius 1 is 1.09 bits per heavy atom. The van der Waals surface area contributed by atoms with Crippen molar-refractivity contribution in [1.29, 1.82) is 0 Å². The van der Waals surface area contributed by atoms with Crippen LogP contribution in [0.25, 0.3) is 0 Å². The van der Waals surface area contributed by atoms with Crippen molar-refractivity contribution in [3.05, 3.63) is 0 Å². The maximum Gasteiger partial charge on any atom is 0.222 e. The predicted molar refractivity (Wildman–Crippen MR) is 91.9 cm³/mol. The first kappa shape index (κ1) is 17.0. The molecule has 1 aliphatic heterocycles. The third-order valence-electron chi connectivity index (χ3n) is 7.49. The highest BCUT2D eigenvalue weighted by Gasteiger charge is 2.55. The van der Waals surface area contributed by atoms with Gasteiger partial charge in [-0.25, -0.2) is 0 Å². The summed E-state index contributed by atoms with van der Waals surface area (Å²) < 4.78 is 0. The Morgan fingerprint density at radius 2 is 1.83 bits per heavy atom. The van der Waals surface area contributed by atoms with Gasteiger partial charge in [-0.15, -0.1) is 0 Å². The minimum Gasteiger partial charge on any atom is -0.342 e. The molecule has 23 heavy (non-hydrogen) atoms. The maximum absolute atomic E-state index is 12.2. The van der Waals surface area contributed by atoms with E-state index in [1.54, 1.807) is 0 Å². The van der Waals surface area contributed by atoms with Crippen LogP contribution >= 0.6 is 0 Å². The number of Topliss-reactive ketones (excluding diaryl/α,β-unsaturated/α-hetero) is 1. The molecule has 0 spiro atoms. The third kappa shape index (κ3) is 2.85. The highest BCUT2D eigenvalue weighted by molar-refractivity contribution is 5.78. The van der Waals surface area contributed by atoms with Crippen molar-refractivity contribution < 1.29 is 9.59 Å². The van der Waals surface area contributed by atoms with Gasteiger partial charge in [-0.2, -0.15) is 0 Å². The van der Waals surface area contributed by atoms with E-state index < -0.39 is 0 Å². The van der Waals surface area contributed by atoms with E-state index in [4.69, 9.17) is 0 Å². The maximum atomic E-state index is 12.2. The summed E-state index contributed by atoms with van der Waals surface area (Å²) in [5.41, 5.74) is 0.238. The number of hydrogen-bond acceptors (Lipinski definition) is 2. The predicted octanol–water partition coefficient (Wildman–Crippen LogP) is 4.06. The zero-order valence-corrected chi connectivity index (χ0v) is 15.3. The second-order valence-corrected chi connectivity index (χ2v) is 8.89. The van der Waals surface area contributed by atoms with Crippen LogP contribution in [0, 0.1) is 29.1 Å². The Labute approximate surface area is 141 Å². The van der Waals surface area contributed by atoms with Gasteiger partial charge in [-0.3, -0.25) is 9.59 Å². The van der Waals surface area contributed by atoms with E-state index in [0.29, 0.717) is 47.8 Å². The number of ketones is 1. The Kier molecular flexibility index (Phi) is 4.59. The minimum absolute atomic E-state index is 0.238. The van der Waals surface area contributed by atoms with Gasteiger partial charge in [0.05, 0.1) is 0 Å². The molecule has 2 saturated carbocycles. The Balaban J connectivity index is 1.95. The molecule has 1 amide bonds. The molecule has 0 aromatic heterocycles. The largest absolute Gasteiger partial charge is 0.342 e. The highest BCUT2D eigenvalue weighted by atomic mass is 16.2. The molecule has 1 saturated heterocycles. The standard InChI is InChI=1S/C20H33NO2/c1-13-11-15(22)7-5-6-8-16-19(13)14(2)12-17-20(16,3)10-9-18(23)21(17)4/h13-14,16-17,19H,5-12H2,1-4H3/t13?,14-,16?,17?,19?,20+/m0/s1. The van der Waals surface area contributed by atoms with Crippen molar-refractivity contribution >= 4 is 11.7 Å². The number of rotatable bonds is 0. The van der Waals surface area contributed by atoms with E-state index in [1.807, 2.05) is 7.05 Å². The summed E-state index contributed by atoms with van der Waals surface area (Å²) in [6.07, 6.45) is 7.85. The fraction of sp³-hybridized carbons (Fsp3) is 0.900. The first-order valence-corrected chi connectivity index (χ1v) is 9.62. The van der Waals surface area contributed by atoms with E-state index in [0.717, 1.165) is 32.1 Å². The monoisotopic (exact) mass is 319 g/mol.